The average Bonchev–Trinajstić information content (AvgIpc) is 2.94. The second kappa shape index (κ2) is 6.50. The van der Waals surface area contributed by atoms with Gasteiger partial charge in [-0.05, 0) is 30.2 Å². The van der Waals surface area contributed by atoms with E-state index >= 15 is 0 Å². The second-order valence-electron chi connectivity index (χ2n) is 4.59. The third-order valence-electron chi connectivity index (χ3n) is 3.28. The molecule has 0 radical (unpaired) electrons. The lowest BCUT2D eigenvalue weighted by Crippen LogP contribution is -2.29. The molecule has 102 valence electrons. The smallest absolute Gasteiger partial charge is 0.122 e. The quantitative estimate of drug-likeness (QED) is 0.618. The molecule has 0 bridgehead atoms. The van der Waals surface area contributed by atoms with Crippen LogP contribution >= 0.6 is 0 Å². The molecule has 2 rings (SSSR count). The van der Waals surface area contributed by atoms with Crippen molar-refractivity contribution in [1.82, 2.24) is 10.4 Å². The van der Waals surface area contributed by atoms with Gasteiger partial charge in [-0.25, -0.2) is 5.43 Å². The van der Waals surface area contributed by atoms with Crippen molar-refractivity contribution in [2.24, 2.45) is 5.84 Å². The van der Waals surface area contributed by atoms with Gasteiger partial charge in [0, 0.05) is 24.7 Å². The number of hydrogen-bond donors (Lipinski definition) is 2. The van der Waals surface area contributed by atoms with Gasteiger partial charge in [0.05, 0.1) is 6.04 Å². The molecular formula is C15H21N3O. The van der Waals surface area contributed by atoms with Gasteiger partial charge in [-0.15, -0.1) is 0 Å². The SMILES string of the molecule is CCc1ccc(CC(NN)c2ccc(CC)o2)nc1. The summed E-state index contributed by atoms with van der Waals surface area (Å²) in [5.41, 5.74) is 5.05. The molecule has 4 nitrogen and oxygen atoms in total. The van der Waals surface area contributed by atoms with Crippen molar-refractivity contribution >= 4 is 0 Å². The minimum atomic E-state index is -0.0414. The summed E-state index contributed by atoms with van der Waals surface area (Å²) in [5, 5.41) is 0. The molecule has 0 saturated carbocycles. The van der Waals surface area contributed by atoms with Gasteiger partial charge in [0.25, 0.3) is 0 Å². The third-order valence-corrected chi connectivity index (χ3v) is 3.28. The first kappa shape index (κ1) is 13.8. The maximum atomic E-state index is 5.73. The van der Waals surface area contributed by atoms with E-state index in [2.05, 4.69) is 30.3 Å². The Hall–Kier alpha value is -1.65. The van der Waals surface area contributed by atoms with Crippen LogP contribution < -0.4 is 11.3 Å². The Balaban J connectivity index is 2.09. The van der Waals surface area contributed by atoms with Crippen LogP contribution in [-0.4, -0.2) is 4.98 Å². The number of nitrogens with zero attached hydrogens (tertiary/aromatic N) is 1. The number of hydrogen-bond acceptors (Lipinski definition) is 4. The maximum absolute atomic E-state index is 5.73. The van der Waals surface area contributed by atoms with Crippen molar-refractivity contribution < 1.29 is 4.42 Å². The fourth-order valence-electron chi connectivity index (χ4n) is 2.01. The molecular weight excluding hydrogens is 238 g/mol. The fourth-order valence-corrected chi connectivity index (χ4v) is 2.01. The van der Waals surface area contributed by atoms with E-state index in [1.165, 1.54) is 5.56 Å². The number of aromatic nitrogens is 1. The van der Waals surface area contributed by atoms with Crippen LogP contribution in [0, 0.1) is 0 Å². The predicted molar refractivity (Wildman–Crippen MR) is 75.5 cm³/mol. The molecule has 0 amide bonds. The molecule has 4 heteroatoms. The van der Waals surface area contributed by atoms with E-state index in [1.807, 2.05) is 24.4 Å². The summed E-state index contributed by atoms with van der Waals surface area (Å²) in [6.07, 6.45) is 4.53. The van der Waals surface area contributed by atoms with E-state index in [-0.39, 0.29) is 6.04 Å². The molecule has 0 aliphatic carbocycles. The molecule has 0 aliphatic rings. The van der Waals surface area contributed by atoms with Crippen molar-refractivity contribution in [3.05, 3.63) is 53.2 Å². The molecule has 2 heterocycles. The molecule has 1 unspecified atom stereocenters. The topological polar surface area (TPSA) is 64.1 Å². The first-order valence-electron chi connectivity index (χ1n) is 6.75. The van der Waals surface area contributed by atoms with Crippen molar-refractivity contribution in [3.63, 3.8) is 0 Å². The molecule has 0 spiro atoms. The van der Waals surface area contributed by atoms with Crippen LogP contribution in [0.2, 0.25) is 0 Å². The number of nitrogens with one attached hydrogen (secondary N) is 1. The summed E-state index contributed by atoms with van der Waals surface area (Å²) in [7, 11) is 0. The summed E-state index contributed by atoms with van der Waals surface area (Å²) >= 11 is 0. The van der Waals surface area contributed by atoms with Crippen LogP contribution in [-0.2, 0) is 19.3 Å². The highest BCUT2D eigenvalue weighted by atomic mass is 16.3. The maximum Gasteiger partial charge on any atom is 0.122 e. The van der Waals surface area contributed by atoms with Crippen molar-refractivity contribution in [2.45, 2.75) is 39.2 Å². The summed E-state index contributed by atoms with van der Waals surface area (Å²) in [4.78, 5) is 4.45. The zero-order chi connectivity index (χ0) is 13.7. The van der Waals surface area contributed by atoms with Gasteiger partial charge >= 0.3 is 0 Å². The fraction of sp³-hybridized carbons (Fsp3) is 0.400. The Kier molecular flexibility index (Phi) is 4.71. The minimum absolute atomic E-state index is 0.0414. The molecule has 0 aliphatic heterocycles. The highest BCUT2D eigenvalue weighted by Crippen LogP contribution is 2.20. The number of hydrazine groups is 1. The lowest BCUT2D eigenvalue weighted by Gasteiger charge is -2.13. The number of furan rings is 1. The number of rotatable bonds is 6. The van der Waals surface area contributed by atoms with Crippen molar-refractivity contribution in [2.75, 3.05) is 0 Å². The third kappa shape index (κ3) is 3.43. The molecule has 0 fully saturated rings. The number of aryl methyl sites for hydroxylation is 2. The van der Waals surface area contributed by atoms with Gasteiger partial charge in [0.1, 0.15) is 11.5 Å². The Morgan fingerprint density at radius 2 is 2.05 bits per heavy atom. The minimum Gasteiger partial charge on any atom is -0.464 e. The highest BCUT2D eigenvalue weighted by Gasteiger charge is 2.15. The molecule has 1 atom stereocenters. The zero-order valence-corrected chi connectivity index (χ0v) is 11.5. The lowest BCUT2D eigenvalue weighted by molar-refractivity contribution is 0.394. The van der Waals surface area contributed by atoms with Gasteiger partial charge in [0.2, 0.25) is 0 Å². The summed E-state index contributed by atoms with van der Waals surface area (Å²) in [6.45, 7) is 4.19. The van der Waals surface area contributed by atoms with Crippen LogP contribution in [0.3, 0.4) is 0 Å². The molecule has 0 saturated heterocycles. The first-order valence-corrected chi connectivity index (χ1v) is 6.75. The van der Waals surface area contributed by atoms with E-state index in [4.69, 9.17) is 10.3 Å². The van der Waals surface area contributed by atoms with Crippen molar-refractivity contribution in [3.8, 4) is 0 Å². The van der Waals surface area contributed by atoms with E-state index < -0.39 is 0 Å². The van der Waals surface area contributed by atoms with Crippen LogP contribution in [0.25, 0.3) is 0 Å². The number of pyridine rings is 1. The van der Waals surface area contributed by atoms with Gasteiger partial charge in [0.15, 0.2) is 0 Å². The largest absolute Gasteiger partial charge is 0.464 e. The molecule has 2 aromatic rings. The van der Waals surface area contributed by atoms with Crippen LogP contribution in [0.5, 0.6) is 0 Å². The Morgan fingerprint density at radius 3 is 2.58 bits per heavy atom. The van der Waals surface area contributed by atoms with Crippen LogP contribution in [0.1, 0.15) is 42.7 Å². The van der Waals surface area contributed by atoms with E-state index in [0.717, 1.165) is 36.5 Å². The van der Waals surface area contributed by atoms with Gasteiger partial charge in [-0.2, -0.15) is 0 Å². The van der Waals surface area contributed by atoms with E-state index in [0.29, 0.717) is 0 Å². The van der Waals surface area contributed by atoms with E-state index in [1.54, 1.807) is 0 Å². The standard InChI is InChI=1S/C15H21N3O/c1-3-11-5-6-12(17-10-11)9-14(18-16)15-8-7-13(4-2)19-15/h5-8,10,14,18H,3-4,9,16H2,1-2H3. The Bertz CT molecular complexity index is 504. The van der Waals surface area contributed by atoms with Gasteiger partial charge in [-0.3, -0.25) is 10.8 Å². The highest BCUT2D eigenvalue weighted by molar-refractivity contribution is 5.17. The van der Waals surface area contributed by atoms with Gasteiger partial charge in [-0.1, -0.05) is 19.9 Å². The first-order chi connectivity index (χ1) is 9.26. The lowest BCUT2D eigenvalue weighted by atomic mass is 10.1. The van der Waals surface area contributed by atoms with E-state index in [9.17, 15) is 0 Å². The normalized spacial score (nSPS) is 12.6. The monoisotopic (exact) mass is 259 g/mol. The Morgan fingerprint density at radius 1 is 1.21 bits per heavy atom. The summed E-state index contributed by atoms with van der Waals surface area (Å²) in [5.74, 6) is 7.46. The molecule has 3 N–H and O–H groups in total. The Labute approximate surface area is 114 Å². The van der Waals surface area contributed by atoms with Crippen molar-refractivity contribution in [1.29, 1.82) is 0 Å². The summed E-state index contributed by atoms with van der Waals surface area (Å²) in [6, 6.07) is 8.08. The molecule has 19 heavy (non-hydrogen) atoms. The second-order valence-corrected chi connectivity index (χ2v) is 4.59. The van der Waals surface area contributed by atoms with Gasteiger partial charge < -0.3 is 4.42 Å². The van der Waals surface area contributed by atoms with Crippen LogP contribution in [0.4, 0.5) is 0 Å². The zero-order valence-electron chi connectivity index (χ0n) is 11.5. The predicted octanol–water partition coefficient (Wildman–Crippen LogP) is 2.55. The summed E-state index contributed by atoms with van der Waals surface area (Å²) < 4.78 is 5.73. The average molecular weight is 259 g/mol. The van der Waals surface area contributed by atoms with Crippen LogP contribution in [0.15, 0.2) is 34.9 Å². The molecule has 2 aromatic heterocycles. The number of nitrogens with two attached hydrogens (primary N) is 1. The molecule has 0 aromatic carbocycles.